The van der Waals surface area contributed by atoms with Crippen molar-refractivity contribution in [3.8, 4) is 0 Å². The van der Waals surface area contributed by atoms with Crippen LogP contribution >= 0.6 is 0 Å². The van der Waals surface area contributed by atoms with Crippen LogP contribution in [-0.2, 0) is 28.6 Å². The van der Waals surface area contributed by atoms with Crippen molar-refractivity contribution in [1.82, 2.24) is 0 Å². The first kappa shape index (κ1) is 56.4. The lowest BCUT2D eigenvalue weighted by Crippen LogP contribution is -2.30. The first-order valence-corrected chi connectivity index (χ1v) is 25.2. The predicted molar refractivity (Wildman–Crippen MR) is 252 cm³/mol. The molecule has 0 bridgehead atoms. The lowest BCUT2D eigenvalue weighted by Gasteiger charge is -2.18. The Labute approximate surface area is 365 Å². The summed E-state index contributed by atoms with van der Waals surface area (Å²) < 4.78 is 16.8. The van der Waals surface area contributed by atoms with Crippen molar-refractivity contribution < 1.29 is 28.6 Å². The lowest BCUT2D eigenvalue weighted by atomic mass is 10.1. The molecule has 0 aliphatic heterocycles. The van der Waals surface area contributed by atoms with Gasteiger partial charge in [0, 0.05) is 19.3 Å². The van der Waals surface area contributed by atoms with E-state index in [1.807, 2.05) is 0 Å². The molecule has 59 heavy (non-hydrogen) atoms. The minimum absolute atomic E-state index is 0.0799. The summed E-state index contributed by atoms with van der Waals surface area (Å²) in [5.74, 6) is -0.899. The molecule has 0 saturated carbocycles. The molecule has 0 saturated heterocycles. The monoisotopic (exact) mass is 827 g/mol. The Balaban J connectivity index is 4.40. The van der Waals surface area contributed by atoms with Crippen LogP contribution in [0.5, 0.6) is 0 Å². The average Bonchev–Trinajstić information content (AvgIpc) is 3.23. The SMILES string of the molecule is CCCCC/C=C\C=C/CCCCCCCCC(=O)OCC(COC(=O)CCCCCCCCCCCCC)OC(=O)CCCCCCCC/C=C\C=C/CCCCC. The third-order valence-corrected chi connectivity index (χ3v) is 10.9. The third-order valence-electron chi connectivity index (χ3n) is 10.9. The van der Waals surface area contributed by atoms with Crippen LogP contribution in [0.25, 0.3) is 0 Å². The standard InChI is InChI=1S/C53H94O6/c1-4-7-10-13-16-19-22-24-26-28-31-34-37-40-43-46-52(55)58-49-50(48-57-51(54)45-42-39-36-33-30-21-18-15-12-9-6-3)59-53(56)47-44-41-38-35-32-29-27-25-23-20-17-14-11-8-5-2/h16-17,19-20,22-25,50H,4-15,18,21,26-49H2,1-3H3/b19-16-,20-17-,24-22-,25-23-. The first-order valence-electron chi connectivity index (χ1n) is 25.2. The predicted octanol–water partition coefficient (Wildman–Crippen LogP) is 16.3. The highest BCUT2D eigenvalue weighted by Crippen LogP contribution is 2.14. The van der Waals surface area contributed by atoms with Gasteiger partial charge in [-0.1, -0.05) is 211 Å². The number of carbonyl (C=O) groups is 3. The highest BCUT2D eigenvalue weighted by molar-refractivity contribution is 5.71. The fourth-order valence-corrected chi connectivity index (χ4v) is 7.01. The summed E-state index contributed by atoms with van der Waals surface area (Å²) >= 11 is 0. The number of allylic oxidation sites excluding steroid dienone is 8. The maximum atomic E-state index is 12.8. The molecule has 0 radical (unpaired) electrons. The number of rotatable bonds is 45. The van der Waals surface area contributed by atoms with Crippen molar-refractivity contribution in [2.45, 2.75) is 258 Å². The van der Waals surface area contributed by atoms with E-state index < -0.39 is 6.10 Å². The van der Waals surface area contributed by atoms with E-state index in [2.05, 4.69) is 69.4 Å². The summed E-state index contributed by atoms with van der Waals surface area (Å²) in [5, 5.41) is 0. The zero-order valence-electron chi connectivity index (χ0n) is 39.0. The fraction of sp³-hybridized carbons (Fsp3) is 0.792. The molecule has 0 aliphatic rings. The average molecular weight is 827 g/mol. The number of hydrogen-bond acceptors (Lipinski definition) is 6. The Morgan fingerprint density at radius 3 is 0.932 bits per heavy atom. The van der Waals surface area contributed by atoms with E-state index in [4.69, 9.17) is 14.2 Å². The lowest BCUT2D eigenvalue weighted by molar-refractivity contribution is -0.167. The molecule has 1 atom stereocenters. The van der Waals surface area contributed by atoms with E-state index in [1.54, 1.807) is 0 Å². The summed E-state index contributed by atoms with van der Waals surface area (Å²) in [7, 11) is 0. The minimum Gasteiger partial charge on any atom is -0.462 e. The van der Waals surface area contributed by atoms with E-state index >= 15 is 0 Å². The van der Waals surface area contributed by atoms with Gasteiger partial charge in [-0.25, -0.2) is 0 Å². The van der Waals surface area contributed by atoms with Gasteiger partial charge in [-0.2, -0.15) is 0 Å². The van der Waals surface area contributed by atoms with Gasteiger partial charge in [0.05, 0.1) is 0 Å². The second kappa shape index (κ2) is 48.0. The summed E-state index contributed by atoms with van der Waals surface area (Å²) in [6.07, 6.45) is 56.5. The molecule has 342 valence electrons. The van der Waals surface area contributed by atoms with Crippen molar-refractivity contribution in [2.75, 3.05) is 13.2 Å². The van der Waals surface area contributed by atoms with Gasteiger partial charge in [0.1, 0.15) is 13.2 Å². The van der Waals surface area contributed by atoms with Crippen molar-refractivity contribution >= 4 is 17.9 Å². The zero-order valence-corrected chi connectivity index (χ0v) is 39.0. The van der Waals surface area contributed by atoms with E-state index in [0.717, 1.165) is 70.6 Å². The highest BCUT2D eigenvalue weighted by Gasteiger charge is 2.19. The van der Waals surface area contributed by atoms with E-state index in [0.29, 0.717) is 19.3 Å². The maximum Gasteiger partial charge on any atom is 0.306 e. The van der Waals surface area contributed by atoms with Gasteiger partial charge in [0.25, 0.3) is 0 Å². The number of hydrogen-bond donors (Lipinski definition) is 0. The van der Waals surface area contributed by atoms with Gasteiger partial charge in [-0.05, 0) is 70.6 Å². The molecule has 0 heterocycles. The van der Waals surface area contributed by atoms with Crippen LogP contribution in [0.3, 0.4) is 0 Å². The van der Waals surface area contributed by atoms with Crippen molar-refractivity contribution in [1.29, 1.82) is 0 Å². The second-order valence-corrected chi connectivity index (χ2v) is 16.8. The molecular weight excluding hydrogens is 733 g/mol. The van der Waals surface area contributed by atoms with Crippen LogP contribution in [0, 0.1) is 0 Å². The smallest absolute Gasteiger partial charge is 0.306 e. The number of esters is 3. The molecule has 1 unspecified atom stereocenters. The van der Waals surface area contributed by atoms with Crippen LogP contribution in [0.4, 0.5) is 0 Å². The summed E-state index contributed by atoms with van der Waals surface area (Å²) in [6.45, 7) is 6.56. The first-order chi connectivity index (χ1) is 29.0. The number of unbranched alkanes of at least 4 members (excludes halogenated alkanes) is 28. The fourth-order valence-electron chi connectivity index (χ4n) is 7.01. The Kier molecular flexibility index (Phi) is 45.9. The third kappa shape index (κ3) is 46.3. The molecular formula is C53H94O6. The van der Waals surface area contributed by atoms with Crippen LogP contribution in [-0.4, -0.2) is 37.2 Å². The molecule has 0 aliphatic carbocycles. The Hall–Kier alpha value is -2.63. The van der Waals surface area contributed by atoms with Gasteiger partial charge in [0.2, 0.25) is 0 Å². The molecule has 0 aromatic heterocycles. The van der Waals surface area contributed by atoms with Crippen LogP contribution in [0.2, 0.25) is 0 Å². The van der Waals surface area contributed by atoms with Gasteiger partial charge in [-0.3, -0.25) is 14.4 Å². The van der Waals surface area contributed by atoms with Gasteiger partial charge in [0.15, 0.2) is 6.10 Å². The Morgan fingerprint density at radius 1 is 0.339 bits per heavy atom. The maximum absolute atomic E-state index is 12.8. The highest BCUT2D eigenvalue weighted by atomic mass is 16.6. The van der Waals surface area contributed by atoms with E-state index in [-0.39, 0.29) is 31.1 Å². The van der Waals surface area contributed by atoms with Crippen molar-refractivity contribution in [3.05, 3.63) is 48.6 Å². The van der Waals surface area contributed by atoms with Crippen LogP contribution < -0.4 is 0 Å². The zero-order chi connectivity index (χ0) is 43.0. The molecule has 6 nitrogen and oxygen atoms in total. The number of carbonyl (C=O) groups excluding carboxylic acids is 3. The second-order valence-electron chi connectivity index (χ2n) is 16.8. The molecule has 0 fully saturated rings. The summed E-state index contributed by atoms with van der Waals surface area (Å²) in [6, 6.07) is 0. The van der Waals surface area contributed by atoms with Crippen LogP contribution in [0.15, 0.2) is 48.6 Å². The summed E-state index contributed by atoms with van der Waals surface area (Å²) in [4.78, 5) is 37.9. The quantitative estimate of drug-likeness (QED) is 0.0263. The topological polar surface area (TPSA) is 78.9 Å². The minimum atomic E-state index is -0.780. The van der Waals surface area contributed by atoms with Crippen molar-refractivity contribution in [3.63, 3.8) is 0 Å². The Morgan fingerprint density at radius 2 is 0.593 bits per heavy atom. The van der Waals surface area contributed by atoms with E-state index in [1.165, 1.54) is 141 Å². The van der Waals surface area contributed by atoms with Gasteiger partial charge < -0.3 is 14.2 Å². The molecule has 6 heteroatoms. The molecule has 0 aromatic carbocycles. The summed E-state index contributed by atoms with van der Waals surface area (Å²) in [5.41, 5.74) is 0. The van der Waals surface area contributed by atoms with E-state index in [9.17, 15) is 14.4 Å². The molecule has 0 rings (SSSR count). The molecule has 0 N–H and O–H groups in total. The van der Waals surface area contributed by atoms with Gasteiger partial charge >= 0.3 is 17.9 Å². The normalized spacial score (nSPS) is 12.4. The van der Waals surface area contributed by atoms with Crippen molar-refractivity contribution in [2.24, 2.45) is 0 Å². The largest absolute Gasteiger partial charge is 0.462 e. The molecule has 0 spiro atoms. The van der Waals surface area contributed by atoms with Crippen LogP contribution in [0.1, 0.15) is 252 Å². The number of ether oxygens (including phenoxy) is 3. The van der Waals surface area contributed by atoms with Gasteiger partial charge in [-0.15, -0.1) is 0 Å². The molecule has 0 aromatic rings. The Bertz CT molecular complexity index is 1040. The molecule has 0 amide bonds.